The van der Waals surface area contributed by atoms with Gasteiger partial charge in [0.25, 0.3) is 0 Å². The number of aliphatic carboxylic acids is 1. The number of β-lactam (4-membered cyclic amide) rings is 1. The number of carbonyl (C=O) groups is 2. The minimum absolute atomic E-state index is 0.00968. The molecule has 2 aliphatic heterocycles. The largest absolute Gasteiger partial charge is 0.477 e. The van der Waals surface area contributed by atoms with E-state index in [1.54, 1.807) is 6.92 Å². The molecule has 1 saturated heterocycles. The summed E-state index contributed by atoms with van der Waals surface area (Å²) in [6, 6.07) is -0.616. The third kappa shape index (κ3) is 1.22. The summed E-state index contributed by atoms with van der Waals surface area (Å²) >= 11 is 1.34. The number of fused-ring (bicyclic) bond motifs is 1. The monoisotopic (exact) mass is 226 g/mol. The zero-order valence-corrected chi connectivity index (χ0v) is 8.87. The van der Waals surface area contributed by atoms with E-state index in [-0.39, 0.29) is 17.0 Å². The Bertz CT molecular complexity index is 416. The van der Waals surface area contributed by atoms with Crippen LogP contribution >= 0.6 is 11.8 Å². The quantitative estimate of drug-likeness (QED) is 0.619. The van der Waals surface area contributed by atoms with Crippen LogP contribution in [0.4, 0.5) is 0 Å². The molecule has 0 radical (unpaired) electrons. The average molecular weight is 226 g/mol. The molecular weight excluding hydrogens is 216 g/mol. The van der Waals surface area contributed by atoms with Crippen LogP contribution in [-0.2, 0) is 9.59 Å². The second-order valence-electron chi connectivity index (χ2n) is 3.44. The predicted octanol–water partition coefficient (Wildman–Crippen LogP) is 0.101. The Morgan fingerprint density at radius 3 is 2.80 bits per heavy atom. The van der Waals surface area contributed by atoms with Gasteiger partial charge in [0.05, 0.1) is 0 Å². The molecule has 2 rings (SSSR count). The van der Waals surface area contributed by atoms with Crippen molar-refractivity contribution in [2.24, 2.45) is 5.73 Å². The summed E-state index contributed by atoms with van der Waals surface area (Å²) < 4.78 is 0. The van der Waals surface area contributed by atoms with Crippen molar-refractivity contribution in [1.82, 2.24) is 4.90 Å². The first kappa shape index (κ1) is 10.3. The highest BCUT2D eigenvalue weighted by molar-refractivity contribution is 8.04. The van der Waals surface area contributed by atoms with Crippen LogP contribution < -0.4 is 5.73 Å². The summed E-state index contributed by atoms with van der Waals surface area (Å²) in [7, 11) is 0. The summed E-state index contributed by atoms with van der Waals surface area (Å²) in [6.45, 7) is 5.40. The predicted molar refractivity (Wildman–Crippen MR) is 55.7 cm³/mol. The topological polar surface area (TPSA) is 83.6 Å². The van der Waals surface area contributed by atoms with Crippen molar-refractivity contribution in [1.29, 1.82) is 0 Å². The van der Waals surface area contributed by atoms with Crippen molar-refractivity contribution in [3.8, 4) is 0 Å². The van der Waals surface area contributed by atoms with Crippen LogP contribution in [0.5, 0.6) is 0 Å². The van der Waals surface area contributed by atoms with E-state index in [0.29, 0.717) is 10.5 Å². The molecule has 0 aromatic heterocycles. The number of hydrogen-bond donors (Lipinski definition) is 2. The molecule has 0 saturated carbocycles. The lowest BCUT2D eigenvalue weighted by atomic mass is 10.0. The first-order valence-electron chi connectivity index (χ1n) is 4.34. The van der Waals surface area contributed by atoms with E-state index in [4.69, 9.17) is 10.8 Å². The van der Waals surface area contributed by atoms with Gasteiger partial charge in [-0.05, 0) is 12.5 Å². The Hall–Kier alpha value is -1.27. The summed E-state index contributed by atoms with van der Waals surface area (Å²) in [6.07, 6.45) is 0. The number of thioether (sulfide) groups is 1. The Labute approximate surface area is 90.6 Å². The van der Waals surface area contributed by atoms with E-state index in [2.05, 4.69) is 6.58 Å². The lowest BCUT2D eigenvalue weighted by molar-refractivity contribution is -0.147. The van der Waals surface area contributed by atoms with Crippen LogP contribution in [0.15, 0.2) is 22.8 Å². The lowest BCUT2D eigenvalue weighted by Gasteiger charge is -2.48. The molecule has 1 fully saturated rings. The SMILES string of the molecule is C=C1S[C@@H]2[C@H](N)C(=O)N2C(C(=O)O)=C1C. The number of carbonyl (C=O) groups excluding carboxylic acids is 1. The molecule has 15 heavy (non-hydrogen) atoms. The van der Waals surface area contributed by atoms with Gasteiger partial charge in [-0.25, -0.2) is 4.79 Å². The Morgan fingerprint density at radius 1 is 1.67 bits per heavy atom. The van der Waals surface area contributed by atoms with Crippen LogP contribution in [0.1, 0.15) is 6.92 Å². The number of carboxylic acid groups (broad SMARTS) is 1. The molecule has 2 aliphatic rings. The van der Waals surface area contributed by atoms with Crippen molar-refractivity contribution >= 4 is 23.6 Å². The maximum Gasteiger partial charge on any atom is 0.352 e. The van der Waals surface area contributed by atoms with Crippen LogP contribution in [0, 0.1) is 0 Å². The summed E-state index contributed by atoms with van der Waals surface area (Å²) in [4.78, 5) is 24.3. The van der Waals surface area contributed by atoms with E-state index in [1.807, 2.05) is 0 Å². The minimum atomic E-state index is -1.11. The molecule has 0 bridgehead atoms. The van der Waals surface area contributed by atoms with E-state index in [9.17, 15) is 9.59 Å². The van der Waals surface area contributed by atoms with Gasteiger partial charge in [-0.1, -0.05) is 18.3 Å². The van der Waals surface area contributed by atoms with E-state index < -0.39 is 12.0 Å². The molecule has 2 heterocycles. The smallest absolute Gasteiger partial charge is 0.352 e. The maximum absolute atomic E-state index is 11.4. The van der Waals surface area contributed by atoms with Crippen molar-refractivity contribution in [2.75, 3.05) is 0 Å². The summed E-state index contributed by atoms with van der Waals surface area (Å²) in [5.74, 6) is -1.45. The first-order chi connectivity index (χ1) is 6.95. The third-order valence-corrected chi connectivity index (χ3v) is 3.90. The standard InChI is InChI=1S/C9H10N2O3S/c1-3-4(2)15-8-5(10)7(12)11(8)6(3)9(13)14/h5,8H,2,10H2,1H3,(H,13,14)/t5-,8-/m1/s1. The first-order valence-corrected chi connectivity index (χ1v) is 5.22. The molecule has 80 valence electrons. The van der Waals surface area contributed by atoms with Gasteiger partial charge in [0.2, 0.25) is 5.91 Å². The Balaban J connectivity index is 2.47. The van der Waals surface area contributed by atoms with Gasteiger partial charge < -0.3 is 10.8 Å². The fraction of sp³-hybridized carbons (Fsp3) is 0.333. The van der Waals surface area contributed by atoms with Crippen molar-refractivity contribution < 1.29 is 14.7 Å². The number of amides is 1. The molecule has 0 unspecified atom stereocenters. The zero-order valence-electron chi connectivity index (χ0n) is 8.06. The molecule has 5 nitrogen and oxygen atoms in total. The molecule has 1 amide bonds. The summed E-state index contributed by atoms with van der Waals surface area (Å²) in [5, 5.41) is 8.70. The molecule has 0 aromatic rings. The minimum Gasteiger partial charge on any atom is -0.477 e. The maximum atomic E-state index is 11.4. The fourth-order valence-corrected chi connectivity index (χ4v) is 2.80. The van der Waals surface area contributed by atoms with Gasteiger partial charge in [0.1, 0.15) is 17.1 Å². The van der Waals surface area contributed by atoms with E-state index in [0.717, 1.165) is 0 Å². The summed E-state index contributed by atoms with van der Waals surface area (Å²) in [5.41, 5.74) is 6.12. The van der Waals surface area contributed by atoms with Crippen LogP contribution in [-0.4, -0.2) is 33.3 Å². The van der Waals surface area contributed by atoms with Gasteiger partial charge in [0.15, 0.2) is 0 Å². The number of hydrogen-bond acceptors (Lipinski definition) is 4. The molecule has 0 aliphatic carbocycles. The van der Waals surface area contributed by atoms with Crippen molar-refractivity contribution in [2.45, 2.75) is 18.3 Å². The normalized spacial score (nSPS) is 30.1. The fourth-order valence-electron chi connectivity index (χ4n) is 1.66. The molecule has 0 spiro atoms. The van der Waals surface area contributed by atoms with Gasteiger partial charge in [-0.2, -0.15) is 0 Å². The molecule has 3 N–H and O–H groups in total. The van der Waals surface area contributed by atoms with E-state index in [1.165, 1.54) is 16.7 Å². The van der Waals surface area contributed by atoms with Gasteiger partial charge in [-0.15, -0.1) is 0 Å². The molecule has 2 atom stereocenters. The Kier molecular flexibility index (Phi) is 2.13. The lowest BCUT2D eigenvalue weighted by Crippen LogP contribution is -2.68. The van der Waals surface area contributed by atoms with Gasteiger partial charge >= 0.3 is 5.97 Å². The third-order valence-electron chi connectivity index (χ3n) is 2.56. The van der Waals surface area contributed by atoms with Crippen molar-refractivity contribution in [3.63, 3.8) is 0 Å². The highest BCUT2D eigenvalue weighted by Gasteiger charge is 2.52. The highest BCUT2D eigenvalue weighted by atomic mass is 32.2. The second-order valence-corrected chi connectivity index (χ2v) is 4.66. The molecular formula is C9H10N2O3S. The zero-order chi connectivity index (χ0) is 11.3. The van der Waals surface area contributed by atoms with Crippen LogP contribution in [0.3, 0.4) is 0 Å². The van der Waals surface area contributed by atoms with Gasteiger partial charge in [0, 0.05) is 4.91 Å². The van der Waals surface area contributed by atoms with E-state index >= 15 is 0 Å². The average Bonchev–Trinajstić information content (AvgIpc) is 2.20. The van der Waals surface area contributed by atoms with Crippen LogP contribution in [0.25, 0.3) is 0 Å². The highest BCUT2D eigenvalue weighted by Crippen LogP contribution is 2.44. The molecule has 0 aromatic carbocycles. The number of carboxylic acids is 1. The number of rotatable bonds is 1. The number of nitrogens with zero attached hydrogens (tertiary/aromatic N) is 1. The van der Waals surface area contributed by atoms with Crippen LogP contribution in [0.2, 0.25) is 0 Å². The van der Waals surface area contributed by atoms with Crippen molar-refractivity contribution in [3.05, 3.63) is 22.8 Å². The number of nitrogens with two attached hydrogens (primary N) is 1. The molecule has 6 heteroatoms. The second kappa shape index (κ2) is 3.11. The number of allylic oxidation sites excluding steroid dienone is 1. The van der Waals surface area contributed by atoms with Gasteiger partial charge in [-0.3, -0.25) is 9.69 Å². The Morgan fingerprint density at radius 2 is 2.27 bits per heavy atom.